The van der Waals surface area contributed by atoms with E-state index in [1.165, 1.54) is 10.4 Å². The molecule has 0 fully saturated rings. The van der Waals surface area contributed by atoms with E-state index < -0.39 is 0 Å². The highest BCUT2D eigenvalue weighted by molar-refractivity contribution is 7.12. The van der Waals surface area contributed by atoms with Gasteiger partial charge >= 0.3 is 0 Å². The van der Waals surface area contributed by atoms with Gasteiger partial charge in [-0.2, -0.15) is 0 Å². The van der Waals surface area contributed by atoms with Crippen molar-refractivity contribution in [3.8, 4) is 0 Å². The summed E-state index contributed by atoms with van der Waals surface area (Å²) in [6.07, 6.45) is 0. The SMILES string of the molecule is Cc1cc2c(s1)CN(C)CC2c1ccccc1.Cl. The van der Waals surface area contributed by atoms with E-state index in [2.05, 4.69) is 55.3 Å². The maximum atomic E-state index is 2.43. The zero-order valence-electron chi connectivity index (χ0n) is 10.7. The van der Waals surface area contributed by atoms with Crippen LogP contribution in [0, 0.1) is 6.92 Å². The Morgan fingerprint density at radius 3 is 2.67 bits per heavy atom. The molecule has 0 aliphatic carbocycles. The van der Waals surface area contributed by atoms with Gasteiger partial charge in [-0.05, 0) is 31.2 Å². The molecule has 0 bridgehead atoms. The minimum atomic E-state index is 0. The molecule has 1 aliphatic rings. The Labute approximate surface area is 119 Å². The van der Waals surface area contributed by atoms with Crippen LogP contribution in [0.3, 0.4) is 0 Å². The topological polar surface area (TPSA) is 3.24 Å². The molecule has 0 radical (unpaired) electrons. The van der Waals surface area contributed by atoms with Gasteiger partial charge in [0.25, 0.3) is 0 Å². The molecule has 1 aliphatic heterocycles. The molecule has 0 amide bonds. The Morgan fingerprint density at radius 2 is 1.94 bits per heavy atom. The van der Waals surface area contributed by atoms with Gasteiger partial charge in [0.2, 0.25) is 0 Å². The highest BCUT2D eigenvalue weighted by Gasteiger charge is 2.26. The average molecular weight is 280 g/mol. The summed E-state index contributed by atoms with van der Waals surface area (Å²) in [5, 5.41) is 0. The summed E-state index contributed by atoms with van der Waals surface area (Å²) in [7, 11) is 2.22. The van der Waals surface area contributed by atoms with Crippen molar-refractivity contribution in [1.29, 1.82) is 0 Å². The monoisotopic (exact) mass is 279 g/mol. The number of benzene rings is 1. The molecular weight excluding hydrogens is 262 g/mol. The van der Waals surface area contributed by atoms with Crippen LogP contribution in [0.5, 0.6) is 0 Å². The van der Waals surface area contributed by atoms with E-state index in [0.29, 0.717) is 5.92 Å². The van der Waals surface area contributed by atoms with Gasteiger partial charge in [0.05, 0.1) is 0 Å². The van der Waals surface area contributed by atoms with E-state index in [0.717, 1.165) is 13.1 Å². The Hall–Kier alpha value is -0.830. The fourth-order valence-electron chi connectivity index (χ4n) is 2.69. The molecule has 1 aromatic carbocycles. The van der Waals surface area contributed by atoms with E-state index in [4.69, 9.17) is 0 Å². The van der Waals surface area contributed by atoms with E-state index >= 15 is 0 Å². The molecule has 1 nitrogen and oxygen atoms in total. The summed E-state index contributed by atoms with van der Waals surface area (Å²) >= 11 is 1.95. The molecular formula is C15H18ClNS. The second kappa shape index (κ2) is 5.43. The number of aryl methyl sites for hydroxylation is 1. The van der Waals surface area contributed by atoms with Crippen LogP contribution in [0.4, 0.5) is 0 Å². The van der Waals surface area contributed by atoms with Crippen molar-refractivity contribution >= 4 is 23.7 Å². The van der Waals surface area contributed by atoms with Gasteiger partial charge in [0, 0.05) is 28.8 Å². The Kier molecular flexibility index (Phi) is 4.10. The van der Waals surface area contributed by atoms with Crippen LogP contribution in [0.1, 0.15) is 26.8 Å². The summed E-state index contributed by atoms with van der Waals surface area (Å²) < 4.78 is 0. The molecule has 96 valence electrons. The highest BCUT2D eigenvalue weighted by Crippen LogP contribution is 2.37. The highest BCUT2D eigenvalue weighted by atomic mass is 35.5. The summed E-state index contributed by atoms with van der Waals surface area (Å²) in [4.78, 5) is 5.41. The number of nitrogens with zero attached hydrogens (tertiary/aromatic N) is 1. The van der Waals surface area contributed by atoms with E-state index in [-0.39, 0.29) is 12.4 Å². The van der Waals surface area contributed by atoms with Crippen molar-refractivity contribution < 1.29 is 0 Å². The van der Waals surface area contributed by atoms with E-state index in [9.17, 15) is 0 Å². The van der Waals surface area contributed by atoms with E-state index in [1.807, 2.05) is 11.3 Å². The van der Waals surface area contributed by atoms with Crippen LogP contribution in [0.25, 0.3) is 0 Å². The fourth-order valence-corrected chi connectivity index (χ4v) is 3.87. The van der Waals surface area contributed by atoms with Gasteiger partial charge in [0.1, 0.15) is 0 Å². The van der Waals surface area contributed by atoms with Gasteiger partial charge in [-0.15, -0.1) is 23.7 Å². The second-order valence-electron chi connectivity index (χ2n) is 4.90. The molecule has 18 heavy (non-hydrogen) atoms. The predicted octanol–water partition coefficient (Wildman–Crippen LogP) is 4.06. The van der Waals surface area contributed by atoms with Crippen LogP contribution in [0.15, 0.2) is 36.4 Å². The molecule has 0 spiro atoms. The summed E-state index contributed by atoms with van der Waals surface area (Å²) in [5.74, 6) is 0.551. The number of rotatable bonds is 1. The number of hydrogen-bond acceptors (Lipinski definition) is 2. The lowest BCUT2D eigenvalue weighted by atomic mass is 9.88. The molecule has 1 aromatic heterocycles. The summed E-state index contributed by atoms with van der Waals surface area (Å²) in [5.41, 5.74) is 3.00. The predicted molar refractivity (Wildman–Crippen MR) is 80.9 cm³/mol. The van der Waals surface area contributed by atoms with Gasteiger partial charge in [-0.1, -0.05) is 30.3 Å². The third kappa shape index (κ3) is 2.46. The lowest BCUT2D eigenvalue weighted by Crippen LogP contribution is -2.29. The van der Waals surface area contributed by atoms with Crippen LogP contribution in [0.2, 0.25) is 0 Å². The third-order valence-electron chi connectivity index (χ3n) is 3.45. The normalized spacial score (nSPS) is 19.1. The first-order chi connectivity index (χ1) is 8.24. The van der Waals surface area contributed by atoms with Crippen LogP contribution in [-0.2, 0) is 6.54 Å². The Morgan fingerprint density at radius 1 is 1.22 bits per heavy atom. The first kappa shape index (κ1) is 13.6. The largest absolute Gasteiger partial charge is 0.300 e. The fraction of sp³-hybridized carbons (Fsp3) is 0.333. The molecule has 3 rings (SSSR count). The summed E-state index contributed by atoms with van der Waals surface area (Å²) in [6, 6.07) is 13.3. The minimum absolute atomic E-state index is 0. The third-order valence-corrected chi connectivity index (χ3v) is 4.50. The molecule has 0 N–H and O–H groups in total. The average Bonchev–Trinajstić information content (AvgIpc) is 2.69. The van der Waals surface area contributed by atoms with Gasteiger partial charge in [0.15, 0.2) is 0 Å². The van der Waals surface area contributed by atoms with Crippen molar-refractivity contribution in [2.24, 2.45) is 0 Å². The Bertz CT molecular complexity index is 521. The Balaban J connectivity index is 0.00000120. The number of fused-ring (bicyclic) bond motifs is 1. The lowest BCUT2D eigenvalue weighted by molar-refractivity contribution is 0.299. The first-order valence-corrected chi connectivity index (χ1v) is 6.88. The van der Waals surface area contributed by atoms with Crippen molar-refractivity contribution in [2.45, 2.75) is 19.4 Å². The number of likely N-dealkylation sites (N-methyl/N-ethyl adjacent to an activating group) is 1. The molecule has 1 atom stereocenters. The second-order valence-corrected chi connectivity index (χ2v) is 6.24. The molecule has 2 heterocycles. The van der Waals surface area contributed by atoms with Crippen LogP contribution >= 0.6 is 23.7 Å². The van der Waals surface area contributed by atoms with E-state index in [1.54, 1.807) is 10.4 Å². The molecule has 2 aromatic rings. The maximum Gasteiger partial charge on any atom is 0.0328 e. The number of thiophene rings is 1. The molecule has 1 unspecified atom stereocenters. The minimum Gasteiger partial charge on any atom is -0.300 e. The number of hydrogen-bond donors (Lipinski definition) is 0. The van der Waals surface area contributed by atoms with Crippen molar-refractivity contribution in [1.82, 2.24) is 4.90 Å². The lowest BCUT2D eigenvalue weighted by Gasteiger charge is -2.30. The molecule has 0 saturated heterocycles. The quantitative estimate of drug-likeness (QED) is 0.761. The zero-order valence-corrected chi connectivity index (χ0v) is 12.4. The molecule has 3 heteroatoms. The van der Waals surface area contributed by atoms with Crippen molar-refractivity contribution in [2.75, 3.05) is 13.6 Å². The zero-order chi connectivity index (χ0) is 11.8. The van der Waals surface area contributed by atoms with Gasteiger partial charge in [-0.3, -0.25) is 0 Å². The van der Waals surface area contributed by atoms with Crippen molar-refractivity contribution in [3.63, 3.8) is 0 Å². The maximum absolute atomic E-state index is 2.43. The van der Waals surface area contributed by atoms with Gasteiger partial charge < -0.3 is 4.90 Å². The summed E-state index contributed by atoms with van der Waals surface area (Å²) in [6.45, 7) is 4.45. The van der Waals surface area contributed by atoms with Crippen LogP contribution in [-0.4, -0.2) is 18.5 Å². The van der Waals surface area contributed by atoms with Crippen molar-refractivity contribution in [3.05, 3.63) is 57.3 Å². The molecule has 0 saturated carbocycles. The number of halogens is 1. The smallest absolute Gasteiger partial charge is 0.0328 e. The standard InChI is InChI=1S/C15H17NS.ClH/c1-11-8-13-14(12-6-4-3-5-7-12)9-16(2)10-15(13)17-11;/h3-8,14H,9-10H2,1-2H3;1H. The van der Waals surface area contributed by atoms with Gasteiger partial charge in [-0.25, -0.2) is 0 Å². The van der Waals surface area contributed by atoms with Crippen LogP contribution < -0.4 is 0 Å². The first-order valence-electron chi connectivity index (χ1n) is 6.07.